The van der Waals surface area contributed by atoms with Gasteiger partial charge in [-0.05, 0) is 12.1 Å². The van der Waals surface area contributed by atoms with Crippen LogP contribution in [0.25, 0.3) is 5.52 Å². The highest BCUT2D eigenvalue weighted by Gasteiger charge is 2.01. The highest BCUT2D eigenvalue weighted by molar-refractivity contribution is 5.93. The molecule has 12 heavy (non-hydrogen) atoms. The lowest BCUT2D eigenvalue weighted by atomic mass is 10.3. The van der Waals surface area contributed by atoms with Gasteiger partial charge in [0.15, 0.2) is 0 Å². The number of carbonyl (C=O) groups excluding carboxylic acids is 1. The van der Waals surface area contributed by atoms with Gasteiger partial charge in [-0.3, -0.25) is 0 Å². The van der Waals surface area contributed by atoms with Gasteiger partial charge in [0, 0.05) is 11.8 Å². The van der Waals surface area contributed by atoms with Crippen LogP contribution in [0, 0.1) is 0 Å². The first-order valence-electron chi connectivity index (χ1n) is 3.43. The molecule has 0 atom stereocenters. The van der Waals surface area contributed by atoms with Gasteiger partial charge in [-0.15, -0.1) is 0 Å². The van der Waals surface area contributed by atoms with Gasteiger partial charge in [0.1, 0.15) is 0 Å². The predicted octanol–water partition coefficient (Wildman–Crippen LogP) is -0.302. The molecule has 0 amide bonds. The lowest BCUT2D eigenvalue weighted by Crippen LogP contribution is -2.21. The third-order valence-corrected chi connectivity index (χ3v) is 1.65. The summed E-state index contributed by atoms with van der Waals surface area (Å²) in [7, 11) is 0. The average molecular weight is 161 g/mol. The molecule has 0 saturated carbocycles. The Kier molecular flexibility index (Phi) is 1.33. The number of hydrogen-bond donors (Lipinski definition) is 0. The predicted molar refractivity (Wildman–Crippen MR) is 39.5 cm³/mol. The summed E-state index contributed by atoms with van der Waals surface area (Å²) in [6.07, 6.45) is 2.96. The molecule has 0 aliphatic carbocycles. The Morgan fingerprint density at radius 2 is 2.33 bits per heavy atom. The van der Waals surface area contributed by atoms with E-state index in [1.807, 2.05) is 0 Å². The Morgan fingerprint density at radius 1 is 1.50 bits per heavy atom. The summed E-state index contributed by atoms with van der Waals surface area (Å²) in [5.74, 6) is -1.20. The normalized spacial score (nSPS) is 10.3. The Labute approximate surface area is 68.1 Å². The maximum atomic E-state index is 10.5. The SMILES string of the molecule is O=C([O-])c1cnn2ccccc12. The number of rotatable bonds is 1. The molecule has 2 rings (SSSR count). The number of carbonyl (C=O) groups is 1. The van der Waals surface area contributed by atoms with Crippen molar-refractivity contribution in [3.63, 3.8) is 0 Å². The Bertz CT molecular complexity index is 433. The summed E-state index contributed by atoms with van der Waals surface area (Å²) in [6.45, 7) is 0. The Morgan fingerprint density at radius 3 is 3.08 bits per heavy atom. The van der Waals surface area contributed by atoms with E-state index < -0.39 is 5.97 Å². The van der Waals surface area contributed by atoms with E-state index in [4.69, 9.17) is 0 Å². The van der Waals surface area contributed by atoms with Crippen molar-refractivity contribution < 1.29 is 9.90 Å². The lowest BCUT2D eigenvalue weighted by Gasteiger charge is -1.97. The van der Waals surface area contributed by atoms with E-state index >= 15 is 0 Å². The Balaban J connectivity index is 2.79. The fraction of sp³-hybridized carbons (Fsp3) is 0. The number of aromatic nitrogens is 2. The first-order valence-corrected chi connectivity index (χ1v) is 3.43. The van der Waals surface area contributed by atoms with E-state index in [9.17, 15) is 9.90 Å². The molecule has 0 N–H and O–H groups in total. The van der Waals surface area contributed by atoms with Gasteiger partial charge in [0.05, 0.1) is 17.7 Å². The van der Waals surface area contributed by atoms with Crippen LogP contribution in [0.3, 0.4) is 0 Å². The molecule has 2 heterocycles. The highest BCUT2D eigenvalue weighted by atomic mass is 16.4. The standard InChI is InChI=1S/C8H6N2O2/c11-8(12)6-5-9-10-4-2-1-3-7(6)10/h1-5H,(H,11,12)/p-1. The summed E-state index contributed by atoms with van der Waals surface area (Å²) in [4.78, 5) is 10.5. The molecule has 0 radical (unpaired) electrons. The van der Waals surface area contributed by atoms with Crippen LogP contribution in [0.1, 0.15) is 10.4 Å². The van der Waals surface area contributed by atoms with Crippen molar-refractivity contribution in [2.45, 2.75) is 0 Å². The Hall–Kier alpha value is -1.84. The molecule has 4 nitrogen and oxygen atoms in total. The number of aromatic carboxylic acids is 1. The maximum absolute atomic E-state index is 10.5. The number of pyridine rings is 1. The molecule has 0 spiro atoms. The molecule has 0 aliphatic heterocycles. The fourth-order valence-corrected chi connectivity index (χ4v) is 1.09. The molecule has 0 saturated heterocycles. The van der Waals surface area contributed by atoms with E-state index in [-0.39, 0.29) is 5.56 Å². The molecule has 60 valence electrons. The zero-order chi connectivity index (χ0) is 8.55. The van der Waals surface area contributed by atoms with Crippen molar-refractivity contribution in [2.75, 3.05) is 0 Å². The van der Waals surface area contributed by atoms with Crippen molar-refractivity contribution >= 4 is 11.5 Å². The monoisotopic (exact) mass is 161 g/mol. The number of fused-ring (bicyclic) bond motifs is 1. The van der Waals surface area contributed by atoms with Crippen molar-refractivity contribution in [2.24, 2.45) is 0 Å². The minimum atomic E-state index is -1.20. The molecule has 2 aromatic rings. The van der Waals surface area contributed by atoms with E-state index in [0.717, 1.165) is 0 Å². The van der Waals surface area contributed by atoms with Gasteiger partial charge in [0.25, 0.3) is 0 Å². The van der Waals surface area contributed by atoms with Gasteiger partial charge in [-0.25, -0.2) is 4.52 Å². The van der Waals surface area contributed by atoms with Gasteiger partial charge >= 0.3 is 0 Å². The average Bonchev–Trinajstić information content (AvgIpc) is 2.47. The van der Waals surface area contributed by atoms with Crippen molar-refractivity contribution in [3.8, 4) is 0 Å². The van der Waals surface area contributed by atoms with E-state index in [0.29, 0.717) is 5.52 Å². The van der Waals surface area contributed by atoms with Gasteiger partial charge in [-0.2, -0.15) is 5.10 Å². The second-order valence-corrected chi connectivity index (χ2v) is 2.38. The van der Waals surface area contributed by atoms with E-state index in [1.54, 1.807) is 24.4 Å². The topological polar surface area (TPSA) is 57.4 Å². The molecule has 0 unspecified atom stereocenters. The summed E-state index contributed by atoms with van der Waals surface area (Å²) in [6, 6.07) is 5.21. The van der Waals surface area contributed by atoms with E-state index in [1.165, 1.54) is 10.7 Å². The van der Waals surface area contributed by atoms with Crippen LogP contribution in [0.15, 0.2) is 30.6 Å². The molecule has 0 aliphatic rings. The molecule has 4 heteroatoms. The van der Waals surface area contributed by atoms with Crippen molar-refractivity contribution in [1.29, 1.82) is 0 Å². The second-order valence-electron chi connectivity index (χ2n) is 2.38. The number of hydrogen-bond acceptors (Lipinski definition) is 3. The van der Waals surface area contributed by atoms with E-state index in [2.05, 4.69) is 5.10 Å². The van der Waals surface area contributed by atoms with Crippen molar-refractivity contribution in [1.82, 2.24) is 9.61 Å². The molecular weight excluding hydrogens is 156 g/mol. The number of carboxylic acid groups (broad SMARTS) is 1. The fourth-order valence-electron chi connectivity index (χ4n) is 1.09. The smallest absolute Gasteiger partial charge is 0.0753 e. The number of carboxylic acids is 1. The van der Waals surface area contributed by atoms with Crippen LogP contribution in [-0.4, -0.2) is 15.6 Å². The van der Waals surface area contributed by atoms with Crippen LogP contribution >= 0.6 is 0 Å². The minimum absolute atomic E-state index is 0.121. The van der Waals surface area contributed by atoms with Crippen LogP contribution < -0.4 is 5.11 Å². The summed E-state index contributed by atoms with van der Waals surface area (Å²) in [5.41, 5.74) is 0.674. The molecule has 2 aromatic heterocycles. The highest BCUT2D eigenvalue weighted by Crippen LogP contribution is 2.07. The summed E-state index contributed by atoms with van der Waals surface area (Å²) >= 11 is 0. The minimum Gasteiger partial charge on any atom is -0.545 e. The van der Waals surface area contributed by atoms with Gasteiger partial charge in [0.2, 0.25) is 0 Å². The lowest BCUT2D eigenvalue weighted by molar-refractivity contribution is -0.254. The molecular formula is C8H5N2O2-. The molecule has 0 fully saturated rings. The quantitative estimate of drug-likeness (QED) is 0.576. The second kappa shape index (κ2) is 2.34. The largest absolute Gasteiger partial charge is 0.545 e. The molecule has 0 bridgehead atoms. The number of nitrogens with zero attached hydrogens (tertiary/aromatic N) is 2. The van der Waals surface area contributed by atoms with Crippen molar-refractivity contribution in [3.05, 3.63) is 36.2 Å². The first kappa shape index (κ1) is 6.84. The maximum Gasteiger partial charge on any atom is 0.0753 e. The third kappa shape index (κ3) is 0.852. The van der Waals surface area contributed by atoms with Gasteiger partial charge in [-0.1, -0.05) is 6.07 Å². The first-order chi connectivity index (χ1) is 5.79. The summed E-state index contributed by atoms with van der Waals surface area (Å²) in [5, 5.41) is 14.3. The van der Waals surface area contributed by atoms with Crippen LogP contribution in [0.4, 0.5) is 0 Å². The zero-order valence-electron chi connectivity index (χ0n) is 6.10. The zero-order valence-corrected chi connectivity index (χ0v) is 6.10. The van der Waals surface area contributed by atoms with Gasteiger partial charge < -0.3 is 9.90 Å². The van der Waals surface area contributed by atoms with Crippen LogP contribution in [-0.2, 0) is 0 Å². The van der Waals surface area contributed by atoms with Crippen LogP contribution in [0.5, 0.6) is 0 Å². The third-order valence-electron chi connectivity index (χ3n) is 1.65. The summed E-state index contributed by atoms with van der Waals surface area (Å²) < 4.78 is 1.49. The van der Waals surface area contributed by atoms with Crippen LogP contribution in [0.2, 0.25) is 0 Å². The molecule has 0 aromatic carbocycles.